The third-order valence-electron chi connectivity index (χ3n) is 2.97. The van der Waals surface area contributed by atoms with E-state index in [0.717, 1.165) is 22.2 Å². The third-order valence-corrected chi connectivity index (χ3v) is 3.50. The van der Waals surface area contributed by atoms with Gasteiger partial charge in [-0.25, -0.2) is 0 Å². The molecule has 19 heavy (non-hydrogen) atoms. The maximum absolute atomic E-state index is 12.0. The van der Waals surface area contributed by atoms with Crippen molar-refractivity contribution in [1.29, 1.82) is 0 Å². The normalized spacial score (nSPS) is 10.4. The second-order valence-electron chi connectivity index (χ2n) is 4.45. The number of likely N-dealkylation sites (N-methyl/N-ethyl adjacent to an activating group) is 1. The fraction of sp³-hybridized carbons (Fsp3) is 0.267. The van der Waals surface area contributed by atoms with Crippen molar-refractivity contribution in [2.24, 2.45) is 0 Å². The van der Waals surface area contributed by atoms with E-state index < -0.39 is 0 Å². The number of benzene rings is 1. The Labute approximate surface area is 121 Å². The summed E-state index contributed by atoms with van der Waals surface area (Å²) in [6.45, 7) is 0.670. The topological polar surface area (TPSA) is 33.5 Å². The first-order valence-electron chi connectivity index (χ1n) is 6.16. The lowest BCUT2D eigenvalue weighted by molar-refractivity contribution is -0.129. The second kappa shape index (κ2) is 6.57. The van der Waals surface area contributed by atoms with E-state index in [-0.39, 0.29) is 5.91 Å². The van der Waals surface area contributed by atoms with Gasteiger partial charge >= 0.3 is 0 Å². The molecule has 2 aromatic rings. The molecule has 0 aliphatic rings. The largest absolute Gasteiger partial charge is 0.469 e. The highest BCUT2D eigenvalue weighted by molar-refractivity contribution is 9.10. The fourth-order valence-corrected chi connectivity index (χ4v) is 2.03. The highest BCUT2D eigenvalue weighted by Gasteiger charge is 2.10. The quantitative estimate of drug-likeness (QED) is 0.846. The smallest absolute Gasteiger partial charge is 0.226 e. The fourth-order valence-electron chi connectivity index (χ4n) is 1.77. The molecule has 3 nitrogen and oxygen atoms in total. The van der Waals surface area contributed by atoms with Crippen LogP contribution in [-0.4, -0.2) is 24.4 Å². The molecule has 0 fully saturated rings. The number of carbonyl (C=O) groups is 1. The Morgan fingerprint density at radius 3 is 2.63 bits per heavy atom. The molecule has 0 unspecified atom stereocenters. The zero-order valence-electron chi connectivity index (χ0n) is 10.8. The van der Waals surface area contributed by atoms with Crippen LogP contribution >= 0.6 is 15.9 Å². The number of hydrogen-bond donors (Lipinski definition) is 0. The molecule has 2 rings (SSSR count). The molecule has 1 heterocycles. The molecular weight excluding hydrogens is 306 g/mol. The Kier molecular flexibility index (Phi) is 4.80. The number of hydrogen-bond acceptors (Lipinski definition) is 2. The second-order valence-corrected chi connectivity index (χ2v) is 5.36. The minimum Gasteiger partial charge on any atom is -0.469 e. The van der Waals surface area contributed by atoms with Crippen molar-refractivity contribution in [3.63, 3.8) is 0 Å². The van der Waals surface area contributed by atoms with Crippen LogP contribution in [0.2, 0.25) is 0 Å². The molecular formula is C15H16BrNO2. The lowest BCUT2D eigenvalue weighted by atomic mass is 10.1. The van der Waals surface area contributed by atoms with Crippen molar-refractivity contribution in [3.8, 4) is 0 Å². The molecule has 0 atom stereocenters. The summed E-state index contributed by atoms with van der Waals surface area (Å²) in [5.74, 6) is 1.03. The van der Waals surface area contributed by atoms with Gasteiger partial charge in [-0.1, -0.05) is 28.1 Å². The minimum absolute atomic E-state index is 0.119. The van der Waals surface area contributed by atoms with Crippen LogP contribution in [0.3, 0.4) is 0 Å². The molecule has 0 bridgehead atoms. The van der Waals surface area contributed by atoms with Crippen LogP contribution in [-0.2, 0) is 17.6 Å². The summed E-state index contributed by atoms with van der Waals surface area (Å²) in [5, 5.41) is 0. The van der Waals surface area contributed by atoms with Gasteiger partial charge in [-0.3, -0.25) is 4.79 Å². The van der Waals surface area contributed by atoms with E-state index in [2.05, 4.69) is 15.9 Å². The number of rotatable bonds is 5. The third kappa shape index (κ3) is 4.24. The van der Waals surface area contributed by atoms with E-state index in [0.29, 0.717) is 13.0 Å². The minimum atomic E-state index is 0.119. The van der Waals surface area contributed by atoms with Gasteiger partial charge in [0.2, 0.25) is 5.91 Å². The van der Waals surface area contributed by atoms with Crippen LogP contribution in [0.4, 0.5) is 0 Å². The van der Waals surface area contributed by atoms with Crippen molar-refractivity contribution in [2.45, 2.75) is 12.8 Å². The molecule has 0 spiro atoms. The van der Waals surface area contributed by atoms with Crippen LogP contribution in [0.5, 0.6) is 0 Å². The van der Waals surface area contributed by atoms with E-state index in [9.17, 15) is 4.79 Å². The number of carbonyl (C=O) groups excluding carboxylic acids is 1. The van der Waals surface area contributed by atoms with Gasteiger partial charge in [0, 0.05) is 24.5 Å². The van der Waals surface area contributed by atoms with E-state index >= 15 is 0 Å². The Morgan fingerprint density at radius 2 is 2.00 bits per heavy atom. The summed E-state index contributed by atoms with van der Waals surface area (Å²) in [6.07, 6.45) is 2.83. The Hall–Kier alpha value is -1.55. The number of amides is 1. The summed E-state index contributed by atoms with van der Waals surface area (Å²) in [7, 11) is 1.82. The van der Waals surface area contributed by atoms with Crippen molar-refractivity contribution >= 4 is 21.8 Å². The highest BCUT2D eigenvalue weighted by atomic mass is 79.9. The van der Waals surface area contributed by atoms with E-state index in [1.165, 1.54) is 0 Å². The first-order chi connectivity index (χ1) is 9.15. The number of furan rings is 1. The lowest BCUT2D eigenvalue weighted by Crippen LogP contribution is -2.30. The monoisotopic (exact) mass is 321 g/mol. The molecule has 1 aromatic carbocycles. The molecule has 100 valence electrons. The van der Waals surface area contributed by atoms with Crippen LogP contribution in [0.25, 0.3) is 0 Å². The molecule has 0 N–H and O–H groups in total. The van der Waals surface area contributed by atoms with Crippen molar-refractivity contribution in [2.75, 3.05) is 13.6 Å². The number of halogens is 1. The zero-order chi connectivity index (χ0) is 13.7. The average molecular weight is 322 g/mol. The zero-order valence-corrected chi connectivity index (χ0v) is 12.4. The van der Waals surface area contributed by atoms with Crippen LogP contribution in [0, 0.1) is 0 Å². The maximum Gasteiger partial charge on any atom is 0.226 e. The maximum atomic E-state index is 12.0. The first-order valence-corrected chi connectivity index (χ1v) is 6.95. The van der Waals surface area contributed by atoms with Crippen LogP contribution in [0.15, 0.2) is 51.6 Å². The van der Waals surface area contributed by atoms with Crippen LogP contribution in [0.1, 0.15) is 11.3 Å². The molecule has 0 aliphatic carbocycles. The Bertz CT molecular complexity index is 520. The van der Waals surface area contributed by atoms with E-state index in [1.54, 1.807) is 11.2 Å². The van der Waals surface area contributed by atoms with Gasteiger partial charge in [0.1, 0.15) is 5.76 Å². The first kappa shape index (κ1) is 13.9. The Morgan fingerprint density at radius 1 is 1.26 bits per heavy atom. The average Bonchev–Trinajstić information content (AvgIpc) is 2.91. The molecule has 0 radical (unpaired) electrons. The SMILES string of the molecule is CN(CCc1ccco1)C(=O)Cc1ccc(Br)cc1. The summed E-state index contributed by atoms with van der Waals surface area (Å²) in [4.78, 5) is 13.8. The van der Waals surface area contributed by atoms with Gasteiger partial charge < -0.3 is 9.32 Å². The Balaban J connectivity index is 1.83. The van der Waals surface area contributed by atoms with E-state index in [4.69, 9.17) is 4.42 Å². The van der Waals surface area contributed by atoms with Crippen molar-refractivity contribution in [3.05, 3.63) is 58.5 Å². The summed E-state index contributed by atoms with van der Waals surface area (Å²) in [5.41, 5.74) is 1.03. The van der Waals surface area contributed by atoms with Gasteiger partial charge in [-0.15, -0.1) is 0 Å². The standard InChI is InChI=1S/C15H16BrNO2/c1-17(9-8-14-3-2-10-19-14)15(18)11-12-4-6-13(16)7-5-12/h2-7,10H,8-9,11H2,1H3. The summed E-state index contributed by atoms with van der Waals surface area (Å²) < 4.78 is 6.27. The van der Waals surface area contributed by atoms with Gasteiger partial charge in [0.05, 0.1) is 12.7 Å². The van der Waals surface area contributed by atoms with Gasteiger partial charge in [-0.05, 0) is 29.8 Å². The molecule has 4 heteroatoms. The van der Waals surface area contributed by atoms with Crippen molar-refractivity contribution in [1.82, 2.24) is 4.90 Å². The van der Waals surface area contributed by atoms with Gasteiger partial charge in [0.25, 0.3) is 0 Å². The van der Waals surface area contributed by atoms with Gasteiger partial charge in [-0.2, -0.15) is 0 Å². The predicted octanol–water partition coefficient (Wildman–Crippen LogP) is 3.29. The lowest BCUT2D eigenvalue weighted by Gasteiger charge is -2.16. The molecule has 1 aromatic heterocycles. The molecule has 0 saturated carbocycles. The van der Waals surface area contributed by atoms with Crippen LogP contribution < -0.4 is 0 Å². The molecule has 0 saturated heterocycles. The van der Waals surface area contributed by atoms with Gasteiger partial charge in [0.15, 0.2) is 0 Å². The summed E-state index contributed by atoms with van der Waals surface area (Å²) in [6, 6.07) is 11.6. The molecule has 0 aliphatic heterocycles. The summed E-state index contributed by atoms with van der Waals surface area (Å²) >= 11 is 3.38. The predicted molar refractivity (Wildman–Crippen MR) is 77.9 cm³/mol. The van der Waals surface area contributed by atoms with Crippen molar-refractivity contribution < 1.29 is 9.21 Å². The number of nitrogens with zero attached hydrogens (tertiary/aromatic N) is 1. The highest BCUT2D eigenvalue weighted by Crippen LogP contribution is 2.11. The molecule has 1 amide bonds. The van der Waals surface area contributed by atoms with E-state index in [1.807, 2.05) is 43.4 Å².